The first-order valence-electron chi connectivity index (χ1n) is 8.32. The van der Waals surface area contributed by atoms with E-state index in [1.54, 1.807) is 32.9 Å². The van der Waals surface area contributed by atoms with Crippen LogP contribution in [0.25, 0.3) is 0 Å². The highest BCUT2D eigenvalue weighted by Gasteiger charge is 2.50. The largest absolute Gasteiger partial charge is 0.444 e. The van der Waals surface area contributed by atoms with Crippen molar-refractivity contribution in [2.24, 2.45) is 0 Å². The summed E-state index contributed by atoms with van der Waals surface area (Å²) >= 11 is 3.18. The third-order valence-electron chi connectivity index (χ3n) is 3.67. The third kappa shape index (κ3) is 5.62. The molecule has 2 N–H and O–H groups in total. The zero-order valence-corrected chi connectivity index (χ0v) is 17.0. The number of amides is 3. The number of carbonyl (C=O) groups is 3. The number of rotatable bonds is 3. The van der Waals surface area contributed by atoms with E-state index in [0.717, 1.165) is 4.90 Å². The SMILES string of the molecule is CC(=O)N[C@@H]1CN(C(=O)OC(C)(C)C)[C@H](C(=O)Nc2cccc(Br)n2)[C@H]1F. The molecule has 148 valence electrons. The molecule has 3 atom stereocenters. The summed E-state index contributed by atoms with van der Waals surface area (Å²) in [6.45, 7) is 6.06. The fourth-order valence-electron chi connectivity index (χ4n) is 2.68. The lowest BCUT2D eigenvalue weighted by Gasteiger charge is -2.28. The molecule has 1 aliphatic rings. The van der Waals surface area contributed by atoms with Crippen LogP contribution in [0.15, 0.2) is 22.8 Å². The summed E-state index contributed by atoms with van der Waals surface area (Å²) in [5, 5.41) is 4.92. The smallest absolute Gasteiger partial charge is 0.411 e. The van der Waals surface area contributed by atoms with E-state index >= 15 is 0 Å². The zero-order chi connectivity index (χ0) is 20.4. The Kier molecular flexibility index (Phi) is 6.40. The lowest BCUT2D eigenvalue weighted by Crippen LogP contribution is -2.48. The van der Waals surface area contributed by atoms with Crippen LogP contribution in [0.4, 0.5) is 15.0 Å². The number of likely N-dealkylation sites (tertiary alicyclic amines) is 1. The van der Waals surface area contributed by atoms with Crippen molar-refractivity contribution in [3.05, 3.63) is 22.8 Å². The Morgan fingerprint density at radius 2 is 2.00 bits per heavy atom. The predicted octanol–water partition coefficient (Wildman–Crippen LogP) is 2.24. The first-order valence-corrected chi connectivity index (χ1v) is 9.11. The maximum Gasteiger partial charge on any atom is 0.411 e. The summed E-state index contributed by atoms with van der Waals surface area (Å²) in [6.07, 6.45) is -2.63. The first-order chi connectivity index (χ1) is 12.5. The number of ether oxygens (including phenoxy) is 1. The van der Waals surface area contributed by atoms with Crippen molar-refractivity contribution in [3.8, 4) is 0 Å². The number of pyridine rings is 1. The second kappa shape index (κ2) is 8.20. The topological polar surface area (TPSA) is 101 Å². The van der Waals surface area contributed by atoms with Crippen molar-refractivity contribution in [3.63, 3.8) is 0 Å². The Morgan fingerprint density at radius 3 is 2.56 bits per heavy atom. The van der Waals surface area contributed by atoms with Crippen molar-refractivity contribution in [1.29, 1.82) is 0 Å². The molecule has 0 aromatic carbocycles. The molecular formula is C17H22BrFN4O4. The van der Waals surface area contributed by atoms with Gasteiger partial charge in [-0.25, -0.2) is 14.2 Å². The van der Waals surface area contributed by atoms with Crippen LogP contribution in [0.2, 0.25) is 0 Å². The molecule has 2 heterocycles. The van der Waals surface area contributed by atoms with Gasteiger partial charge in [-0.3, -0.25) is 14.5 Å². The molecule has 1 fully saturated rings. The average Bonchev–Trinajstić information content (AvgIpc) is 2.82. The maximum atomic E-state index is 14.9. The van der Waals surface area contributed by atoms with Crippen LogP contribution in [0.1, 0.15) is 27.7 Å². The van der Waals surface area contributed by atoms with E-state index in [9.17, 15) is 18.8 Å². The quantitative estimate of drug-likeness (QED) is 0.696. The van der Waals surface area contributed by atoms with Gasteiger partial charge in [0.05, 0.1) is 6.04 Å². The standard InChI is InChI=1S/C17H22BrFN4O4/c1-9(24)20-10-8-23(16(26)27-17(2,3)4)14(13(10)19)15(25)22-12-7-5-6-11(18)21-12/h5-7,10,13-14H,8H2,1-4H3,(H,20,24)(H,21,22,25)/t10-,13+,14+/m1/s1. The molecule has 8 nitrogen and oxygen atoms in total. The highest BCUT2D eigenvalue weighted by molar-refractivity contribution is 9.10. The number of halogens is 2. The van der Waals surface area contributed by atoms with Crippen LogP contribution in [0.3, 0.4) is 0 Å². The van der Waals surface area contributed by atoms with E-state index < -0.39 is 41.8 Å². The minimum Gasteiger partial charge on any atom is -0.444 e. The monoisotopic (exact) mass is 444 g/mol. The molecule has 10 heteroatoms. The van der Waals surface area contributed by atoms with E-state index in [4.69, 9.17) is 4.74 Å². The molecule has 0 bridgehead atoms. The summed E-state index contributed by atoms with van der Waals surface area (Å²) in [4.78, 5) is 41.5. The molecule has 1 saturated heterocycles. The van der Waals surface area contributed by atoms with Crippen LogP contribution < -0.4 is 10.6 Å². The molecule has 0 aliphatic carbocycles. The normalized spacial score (nSPS) is 22.3. The highest BCUT2D eigenvalue weighted by Crippen LogP contribution is 2.26. The summed E-state index contributed by atoms with van der Waals surface area (Å²) in [6, 6.07) is 2.38. The van der Waals surface area contributed by atoms with E-state index in [-0.39, 0.29) is 12.4 Å². The van der Waals surface area contributed by atoms with Crippen molar-refractivity contribution >= 4 is 39.7 Å². The van der Waals surface area contributed by atoms with Gasteiger partial charge < -0.3 is 15.4 Å². The molecule has 0 unspecified atom stereocenters. The molecule has 0 spiro atoms. The Balaban J connectivity index is 2.24. The van der Waals surface area contributed by atoms with Gasteiger partial charge in [0, 0.05) is 13.5 Å². The number of anilines is 1. The van der Waals surface area contributed by atoms with Crippen LogP contribution in [0, 0.1) is 0 Å². The first kappa shape index (κ1) is 21.1. The van der Waals surface area contributed by atoms with Gasteiger partial charge in [0.2, 0.25) is 5.91 Å². The Bertz CT molecular complexity index is 740. The molecule has 1 aromatic heterocycles. The van der Waals surface area contributed by atoms with E-state index in [1.165, 1.54) is 13.0 Å². The van der Waals surface area contributed by atoms with Gasteiger partial charge in [-0.05, 0) is 48.8 Å². The number of nitrogens with one attached hydrogen (secondary N) is 2. The Labute approximate surface area is 165 Å². The fraction of sp³-hybridized carbons (Fsp3) is 0.529. The molecule has 1 aliphatic heterocycles. The van der Waals surface area contributed by atoms with E-state index in [2.05, 4.69) is 31.5 Å². The third-order valence-corrected chi connectivity index (χ3v) is 4.11. The molecule has 1 aromatic rings. The van der Waals surface area contributed by atoms with Gasteiger partial charge in [-0.1, -0.05) is 6.07 Å². The van der Waals surface area contributed by atoms with Gasteiger partial charge in [-0.15, -0.1) is 0 Å². The highest BCUT2D eigenvalue weighted by atomic mass is 79.9. The zero-order valence-electron chi connectivity index (χ0n) is 15.5. The van der Waals surface area contributed by atoms with Crippen LogP contribution in [-0.4, -0.2) is 58.2 Å². The number of nitrogens with zero attached hydrogens (tertiary/aromatic N) is 2. The van der Waals surface area contributed by atoms with Crippen LogP contribution >= 0.6 is 15.9 Å². The molecule has 0 saturated carbocycles. The number of hydrogen-bond donors (Lipinski definition) is 2. The number of aromatic nitrogens is 1. The van der Waals surface area contributed by atoms with Crippen LogP contribution in [0.5, 0.6) is 0 Å². The predicted molar refractivity (Wildman–Crippen MR) is 99.8 cm³/mol. The number of alkyl halides is 1. The average molecular weight is 445 g/mol. The second-order valence-electron chi connectivity index (χ2n) is 7.16. The fourth-order valence-corrected chi connectivity index (χ4v) is 3.02. The second-order valence-corrected chi connectivity index (χ2v) is 7.98. The number of carbonyl (C=O) groups excluding carboxylic acids is 3. The van der Waals surface area contributed by atoms with Crippen molar-refractivity contribution < 1.29 is 23.5 Å². The van der Waals surface area contributed by atoms with E-state index in [0.29, 0.717) is 4.60 Å². The van der Waals surface area contributed by atoms with Gasteiger partial charge in [0.15, 0.2) is 6.17 Å². The summed E-state index contributed by atoms with van der Waals surface area (Å²) < 4.78 is 20.7. The Morgan fingerprint density at radius 1 is 1.33 bits per heavy atom. The molecular weight excluding hydrogens is 423 g/mol. The lowest BCUT2D eigenvalue weighted by molar-refractivity contribution is -0.122. The van der Waals surface area contributed by atoms with Crippen molar-refractivity contribution in [1.82, 2.24) is 15.2 Å². The van der Waals surface area contributed by atoms with Gasteiger partial charge in [0.25, 0.3) is 5.91 Å². The van der Waals surface area contributed by atoms with Crippen molar-refractivity contribution in [2.75, 3.05) is 11.9 Å². The van der Waals surface area contributed by atoms with Crippen molar-refractivity contribution in [2.45, 2.75) is 51.6 Å². The maximum absolute atomic E-state index is 14.9. The van der Waals surface area contributed by atoms with Gasteiger partial charge in [0.1, 0.15) is 22.1 Å². The lowest BCUT2D eigenvalue weighted by atomic mass is 10.1. The molecule has 3 amide bonds. The molecule has 27 heavy (non-hydrogen) atoms. The van der Waals surface area contributed by atoms with Gasteiger partial charge >= 0.3 is 6.09 Å². The van der Waals surface area contributed by atoms with Crippen LogP contribution in [-0.2, 0) is 14.3 Å². The summed E-state index contributed by atoms with van der Waals surface area (Å²) in [5.74, 6) is -1.01. The minimum atomic E-state index is -1.80. The van der Waals surface area contributed by atoms with Gasteiger partial charge in [-0.2, -0.15) is 0 Å². The summed E-state index contributed by atoms with van der Waals surface area (Å²) in [5.41, 5.74) is -0.818. The Hall–Kier alpha value is -2.23. The molecule has 0 radical (unpaired) electrons. The number of hydrogen-bond acceptors (Lipinski definition) is 5. The minimum absolute atomic E-state index is 0.181. The molecule has 2 rings (SSSR count). The summed E-state index contributed by atoms with van der Waals surface area (Å²) in [7, 11) is 0. The van der Waals surface area contributed by atoms with E-state index in [1.807, 2.05) is 0 Å².